The monoisotopic (exact) mass is 805 g/mol. The molecule has 0 amide bonds. The first kappa shape index (κ1) is 43.9. The van der Waals surface area contributed by atoms with Gasteiger partial charge in [-0.05, 0) is 57.5 Å². The molecule has 0 saturated carbocycles. The van der Waals surface area contributed by atoms with Crippen LogP contribution in [0.15, 0.2) is 13.7 Å². The Morgan fingerprint density at radius 3 is 1.21 bits per heavy atom. The maximum Gasteiger partial charge on any atom is 0.210 e. The van der Waals surface area contributed by atoms with Crippen LogP contribution >= 0.6 is 31.9 Å². The van der Waals surface area contributed by atoms with Crippen molar-refractivity contribution >= 4 is 31.9 Å². The molecule has 0 unspecified atom stereocenters. The number of pyridine rings is 1. The summed E-state index contributed by atoms with van der Waals surface area (Å²) in [5.74, 6) is 0. The molecule has 48 heavy (non-hydrogen) atoms. The molecule has 0 aliphatic carbocycles. The van der Waals surface area contributed by atoms with E-state index in [1.165, 1.54) is 77.0 Å². The molecule has 0 aromatic carbocycles. The van der Waals surface area contributed by atoms with Crippen molar-refractivity contribution in [3.63, 3.8) is 0 Å². The molecule has 1 aliphatic heterocycles. The van der Waals surface area contributed by atoms with Gasteiger partial charge in [0.2, 0.25) is 5.43 Å². The molecule has 1 aromatic rings. The maximum atomic E-state index is 13.3. The van der Waals surface area contributed by atoms with Crippen LogP contribution < -0.4 is 5.43 Å². The molecule has 0 saturated heterocycles. The predicted octanol–water partition coefficient (Wildman–Crippen LogP) is 11.4. The summed E-state index contributed by atoms with van der Waals surface area (Å²) >= 11 is 7.11. The third-order valence-electron chi connectivity index (χ3n) is 9.67. The van der Waals surface area contributed by atoms with Gasteiger partial charge >= 0.3 is 0 Å². The SMILES string of the molecule is CCCCCCC1(CCCCCC)COCc2[nH]c(c(Br)c(=O)c2Br)COCC(CCCCCC)(CCCCCC)OCCOCCO1. The molecule has 0 fully saturated rings. The predicted molar refractivity (Wildman–Crippen MR) is 205 cm³/mol. The molecule has 1 aromatic heterocycles. The third kappa shape index (κ3) is 16.8. The Kier molecular flexibility index (Phi) is 24.2. The van der Waals surface area contributed by atoms with E-state index in [-0.39, 0.29) is 29.8 Å². The number of aromatic nitrogens is 1. The molecule has 0 spiro atoms. The molecule has 2 rings (SSSR count). The summed E-state index contributed by atoms with van der Waals surface area (Å²) in [6, 6.07) is 0. The van der Waals surface area contributed by atoms with Crippen molar-refractivity contribution in [2.24, 2.45) is 0 Å². The number of unbranched alkanes of at least 4 members (excludes halogenated alkanes) is 12. The average Bonchev–Trinajstić information content (AvgIpc) is 3.09. The lowest BCUT2D eigenvalue weighted by molar-refractivity contribution is -0.138. The molecule has 1 N–H and O–H groups in total. The van der Waals surface area contributed by atoms with Gasteiger partial charge in [0.25, 0.3) is 0 Å². The van der Waals surface area contributed by atoms with Crippen molar-refractivity contribution in [2.45, 2.75) is 181 Å². The number of hydrogen-bond acceptors (Lipinski definition) is 6. The van der Waals surface area contributed by atoms with Crippen molar-refractivity contribution < 1.29 is 23.7 Å². The van der Waals surface area contributed by atoms with Gasteiger partial charge in [0, 0.05) is 0 Å². The first-order valence-electron chi connectivity index (χ1n) is 19.5. The fourth-order valence-corrected chi connectivity index (χ4v) is 7.77. The van der Waals surface area contributed by atoms with E-state index in [1.54, 1.807) is 0 Å². The fourth-order valence-electron chi connectivity index (χ4n) is 6.68. The fraction of sp³-hybridized carbons (Fsp3) is 0.872. The van der Waals surface area contributed by atoms with Crippen molar-refractivity contribution in [1.82, 2.24) is 4.98 Å². The lowest BCUT2D eigenvalue weighted by Crippen LogP contribution is -2.40. The highest BCUT2D eigenvalue weighted by molar-refractivity contribution is 9.11. The maximum absolute atomic E-state index is 13.3. The topological polar surface area (TPSA) is 79.0 Å². The molecular weight excluding hydrogens is 738 g/mol. The summed E-state index contributed by atoms with van der Waals surface area (Å²) in [4.78, 5) is 16.8. The molecule has 0 radical (unpaired) electrons. The van der Waals surface area contributed by atoms with Crippen molar-refractivity contribution in [3.05, 3.63) is 30.6 Å². The third-order valence-corrected chi connectivity index (χ3v) is 11.3. The molecule has 2 heterocycles. The molecule has 2 bridgehead atoms. The lowest BCUT2D eigenvalue weighted by Gasteiger charge is -2.35. The summed E-state index contributed by atoms with van der Waals surface area (Å²) in [5.41, 5.74) is 0.582. The van der Waals surface area contributed by atoms with E-state index in [4.69, 9.17) is 23.7 Å². The van der Waals surface area contributed by atoms with Gasteiger partial charge in [0.05, 0.1) is 84.4 Å². The van der Waals surface area contributed by atoms with Crippen LogP contribution in [0.3, 0.4) is 0 Å². The normalized spacial score (nSPS) is 18.0. The van der Waals surface area contributed by atoms with Gasteiger partial charge in [0.15, 0.2) is 0 Å². The van der Waals surface area contributed by atoms with Gasteiger partial charge < -0.3 is 28.7 Å². The van der Waals surface area contributed by atoms with Gasteiger partial charge in [-0.3, -0.25) is 4.79 Å². The Bertz CT molecular complexity index is 922. The van der Waals surface area contributed by atoms with Crippen LogP contribution in [0.4, 0.5) is 0 Å². The van der Waals surface area contributed by atoms with Crippen LogP contribution in [0, 0.1) is 0 Å². The van der Waals surface area contributed by atoms with E-state index in [0.717, 1.165) is 62.8 Å². The molecular formula is C39H69Br2NO6. The zero-order valence-electron chi connectivity index (χ0n) is 31.0. The molecule has 9 heteroatoms. The van der Waals surface area contributed by atoms with Crippen LogP contribution in [0.25, 0.3) is 0 Å². The number of halogens is 2. The van der Waals surface area contributed by atoms with Gasteiger partial charge in [-0.15, -0.1) is 0 Å². The number of fused-ring (bicyclic) bond motifs is 2. The van der Waals surface area contributed by atoms with Crippen molar-refractivity contribution in [2.75, 3.05) is 39.6 Å². The quantitative estimate of drug-likeness (QED) is 0.132. The van der Waals surface area contributed by atoms with Gasteiger partial charge in [0.1, 0.15) is 0 Å². The van der Waals surface area contributed by atoms with Gasteiger partial charge in [-0.2, -0.15) is 0 Å². The highest BCUT2D eigenvalue weighted by Gasteiger charge is 2.33. The average molecular weight is 808 g/mol. The lowest BCUT2D eigenvalue weighted by atomic mass is 9.90. The standard InChI is InChI=1S/C39H69Br2NO6/c1-5-9-13-17-21-38(22-18-14-10-6-2)31-45-29-33-35(40)37(43)36(41)34(42-33)30-46-32-39(23-19-15-11-7-3,24-20-16-12-8-4)48-28-26-44-25-27-47-38/h5-32H2,1-4H3,(H,42,43). The molecule has 1 aliphatic rings. The number of rotatable bonds is 20. The number of H-pyrrole nitrogens is 1. The molecule has 280 valence electrons. The highest BCUT2D eigenvalue weighted by atomic mass is 79.9. The zero-order valence-corrected chi connectivity index (χ0v) is 34.2. The van der Waals surface area contributed by atoms with E-state index in [0.29, 0.717) is 48.6 Å². The van der Waals surface area contributed by atoms with E-state index < -0.39 is 0 Å². The highest BCUT2D eigenvalue weighted by Crippen LogP contribution is 2.31. The Balaban J connectivity index is 2.35. The van der Waals surface area contributed by atoms with Crippen LogP contribution in [-0.2, 0) is 36.9 Å². The Labute approximate surface area is 310 Å². The Morgan fingerprint density at radius 1 is 0.521 bits per heavy atom. The summed E-state index contributed by atoms with van der Waals surface area (Å²) in [6.07, 6.45) is 22.8. The molecule has 7 nitrogen and oxygen atoms in total. The second-order valence-corrected chi connectivity index (χ2v) is 15.5. The summed E-state index contributed by atoms with van der Waals surface area (Å²) < 4.78 is 33.5. The van der Waals surface area contributed by atoms with Crippen LogP contribution in [0.5, 0.6) is 0 Å². The van der Waals surface area contributed by atoms with E-state index >= 15 is 0 Å². The largest absolute Gasteiger partial charge is 0.377 e. The minimum Gasteiger partial charge on any atom is -0.377 e. The summed E-state index contributed by atoms with van der Waals surface area (Å²) in [7, 11) is 0. The second kappa shape index (κ2) is 26.5. The number of hydrogen-bond donors (Lipinski definition) is 1. The number of aromatic amines is 1. The number of nitrogens with one attached hydrogen (secondary N) is 1. The zero-order chi connectivity index (χ0) is 34.9. The minimum atomic E-state index is -0.382. The van der Waals surface area contributed by atoms with Crippen molar-refractivity contribution in [3.8, 4) is 0 Å². The molecule has 0 atom stereocenters. The smallest absolute Gasteiger partial charge is 0.210 e. The van der Waals surface area contributed by atoms with E-state index in [1.807, 2.05) is 0 Å². The van der Waals surface area contributed by atoms with E-state index in [2.05, 4.69) is 64.5 Å². The van der Waals surface area contributed by atoms with E-state index in [9.17, 15) is 4.79 Å². The van der Waals surface area contributed by atoms with Crippen LogP contribution in [0.1, 0.15) is 167 Å². The Hall–Kier alpha value is -0.290. The minimum absolute atomic E-state index is 0.0965. The van der Waals surface area contributed by atoms with Gasteiger partial charge in [-0.1, -0.05) is 130 Å². The second-order valence-electron chi connectivity index (χ2n) is 13.9. The Morgan fingerprint density at radius 2 is 0.875 bits per heavy atom. The van der Waals surface area contributed by atoms with Gasteiger partial charge in [-0.25, -0.2) is 0 Å². The van der Waals surface area contributed by atoms with Crippen molar-refractivity contribution in [1.29, 1.82) is 0 Å². The summed E-state index contributed by atoms with van der Waals surface area (Å²) in [5, 5.41) is 0. The number of ether oxygens (including phenoxy) is 5. The van der Waals surface area contributed by atoms with Crippen LogP contribution in [0.2, 0.25) is 0 Å². The summed E-state index contributed by atoms with van der Waals surface area (Å²) in [6.45, 7) is 12.6. The first-order chi connectivity index (χ1) is 23.4. The first-order valence-corrected chi connectivity index (χ1v) is 21.0. The van der Waals surface area contributed by atoms with Crippen LogP contribution in [-0.4, -0.2) is 55.8 Å².